The number of hydrogen-bond acceptors (Lipinski definition) is 3. The van der Waals surface area contributed by atoms with Crippen LogP contribution in [-0.4, -0.2) is 30.6 Å². The summed E-state index contributed by atoms with van der Waals surface area (Å²) in [6.07, 6.45) is 1.20. The summed E-state index contributed by atoms with van der Waals surface area (Å²) in [5, 5.41) is 5.67. The lowest BCUT2D eigenvalue weighted by molar-refractivity contribution is 0.220. The molecule has 0 fully saturated rings. The molecule has 1 aromatic rings. The summed E-state index contributed by atoms with van der Waals surface area (Å²) < 4.78 is 0. The average molecular weight is 240 g/mol. The van der Waals surface area contributed by atoms with Crippen LogP contribution in [0.3, 0.4) is 0 Å². The van der Waals surface area contributed by atoms with E-state index in [9.17, 15) is 0 Å². The summed E-state index contributed by atoms with van der Waals surface area (Å²) >= 11 is 1.84. The van der Waals surface area contributed by atoms with E-state index >= 15 is 0 Å². The number of hydrogen-bond donors (Lipinski definition) is 1. The Bertz CT molecular complexity index is 269. The quantitative estimate of drug-likeness (QED) is 0.788. The van der Waals surface area contributed by atoms with Gasteiger partial charge in [-0.15, -0.1) is 11.3 Å². The highest BCUT2D eigenvalue weighted by atomic mass is 32.1. The van der Waals surface area contributed by atoms with Gasteiger partial charge < -0.3 is 5.32 Å². The maximum Gasteiger partial charge on any atom is 0.0328 e. The van der Waals surface area contributed by atoms with Crippen LogP contribution >= 0.6 is 11.3 Å². The lowest BCUT2D eigenvalue weighted by atomic mass is 10.2. The second kappa shape index (κ2) is 7.05. The zero-order chi connectivity index (χ0) is 12.0. The first-order valence-corrected chi connectivity index (χ1v) is 6.97. The van der Waals surface area contributed by atoms with Gasteiger partial charge in [-0.25, -0.2) is 0 Å². The average Bonchev–Trinajstić information content (AvgIpc) is 2.71. The van der Waals surface area contributed by atoms with Crippen molar-refractivity contribution < 1.29 is 0 Å². The Kier molecular flexibility index (Phi) is 6.03. The minimum absolute atomic E-state index is 0.573. The van der Waals surface area contributed by atoms with Crippen molar-refractivity contribution in [1.29, 1.82) is 0 Å². The number of thiophene rings is 1. The SMILES string of the molecule is CCC(CNC(C)C)N(C)Cc1cccs1. The number of likely N-dealkylation sites (N-methyl/N-ethyl adjacent to an activating group) is 1. The van der Waals surface area contributed by atoms with Crippen LogP contribution in [0, 0.1) is 0 Å². The Labute approximate surface area is 104 Å². The Balaban J connectivity index is 2.39. The van der Waals surface area contributed by atoms with Crippen molar-refractivity contribution in [2.45, 2.75) is 45.8 Å². The molecule has 1 N–H and O–H groups in total. The lowest BCUT2D eigenvalue weighted by Crippen LogP contribution is -2.41. The van der Waals surface area contributed by atoms with E-state index in [0.29, 0.717) is 12.1 Å². The molecule has 0 saturated carbocycles. The van der Waals surface area contributed by atoms with E-state index in [1.807, 2.05) is 11.3 Å². The van der Waals surface area contributed by atoms with Crippen LogP contribution in [0.2, 0.25) is 0 Å². The molecule has 0 amide bonds. The van der Waals surface area contributed by atoms with Crippen molar-refractivity contribution in [3.63, 3.8) is 0 Å². The molecule has 3 heteroatoms. The van der Waals surface area contributed by atoms with Crippen LogP contribution < -0.4 is 5.32 Å². The fraction of sp³-hybridized carbons (Fsp3) is 0.692. The van der Waals surface area contributed by atoms with E-state index in [4.69, 9.17) is 0 Å². The molecule has 16 heavy (non-hydrogen) atoms. The summed E-state index contributed by atoms with van der Waals surface area (Å²) in [5.74, 6) is 0. The normalized spacial score (nSPS) is 13.6. The summed E-state index contributed by atoms with van der Waals surface area (Å²) in [6.45, 7) is 8.81. The molecule has 0 bridgehead atoms. The van der Waals surface area contributed by atoms with Crippen LogP contribution in [0.4, 0.5) is 0 Å². The molecule has 2 nitrogen and oxygen atoms in total. The molecule has 0 aromatic carbocycles. The van der Waals surface area contributed by atoms with Crippen LogP contribution in [0.1, 0.15) is 32.1 Å². The minimum atomic E-state index is 0.573. The Hall–Kier alpha value is -0.380. The molecule has 1 unspecified atom stereocenters. The number of rotatable bonds is 7. The van der Waals surface area contributed by atoms with Gasteiger partial charge in [-0.3, -0.25) is 4.90 Å². The molecule has 0 spiro atoms. The zero-order valence-electron chi connectivity index (χ0n) is 10.9. The third kappa shape index (κ3) is 4.64. The summed E-state index contributed by atoms with van der Waals surface area (Å²) in [4.78, 5) is 3.90. The van der Waals surface area contributed by atoms with E-state index in [1.165, 1.54) is 11.3 Å². The zero-order valence-corrected chi connectivity index (χ0v) is 11.7. The van der Waals surface area contributed by atoms with Crippen molar-refractivity contribution >= 4 is 11.3 Å². The molecular formula is C13H24N2S. The summed E-state index contributed by atoms with van der Waals surface area (Å²) in [7, 11) is 2.22. The first-order valence-electron chi connectivity index (χ1n) is 6.09. The monoisotopic (exact) mass is 240 g/mol. The molecule has 0 saturated heterocycles. The molecule has 0 aliphatic heterocycles. The predicted octanol–water partition coefficient (Wildman–Crippen LogP) is 2.96. The molecule has 0 aliphatic rings. The van der Waals surface area contributed by atoms with Gasteiger partial charge in [0.15, 0.2) is 0 Å². The maximum absolute atomic E-state index is 3.52. The molecular weight excluding hydrogens is 216 g/mol. The number of nitrogens with zero attached hydrogens (tertiary/aromatic N) is 1. The fourth-order valence-corrected chi connectivity index (χ4v) is 2.53. The van der Waals surface area contributed by atoms with Crippen molar-refractivity contribution in [1.82, 2.24) is 10.2 Å². The van der Waals surface area contributed by atoms with Crippen molar-refractivity contribution in [2.24, 2.45) is 0 Å². The van der Waals surface area contributed by atoms with Crippen LogP contribution in [0.25, 0.3) is 0 Å². The third-order valence-corrected chi connectivity index (χ3v) is 3.70. The number of nitrogens with one attached hydrogen (secondary N) is 1. The Morgan fingerprint density at radius 3 is 2.69 bits per heavy atom. The van der Waals surface area contributed by atoms with E-state index in [0.717, 1.165) is 13.1 Å². The molecule has 92 valence electrons. The lowest BCUT2D eigenvalue weighted by Gasteiger charge is -2.27. The van der Waals surface area contributed by atoms with Gasteiger partial charge in [0.25, 0.3) is 0 Å². The van der Waals surface area contributed by atoms with Crippen LogP contribution in [0.15, 0.2) is 17.5 Å². The summed E-state index contributed by atoms with van der Waals surface area (Å²) in [5.41, 5.74) is 0. The van der Waals surface area contributed by atoms with Gasteiger partial charge in [0.05, 0.1) is 0 Å². The first kappa shape index (κ1) is 13.7. The highest BCUT2D eigenvalue weighted by molar-refractivity contribution is 7.09. The van der Waals surface area contributed by atoms with E-state index in [2.05, 4.69) is 55.5 Å². The molecule has 1 atom stereocenters. The van der Waals surface area contributed by atoms with Gasteiger partial charge in [0, 0.05) is 30.1 Å². The predicted molar refractivity (Wildman–Crippen MR) is 73.0 cm³/mol. The van der Waals surface area contributed by atoms with Crippen molar-refractivity contribution in [2.75, 3.05) is 13.6 Å². The smallest absolute Gasteiger partial charge is 0.0328 e. The Morgan fingerprint density at radius 1 is 1.44 bits per heavy atom. The molecule has 0 radical (unpaired) electrons. The standard InChI is InChI=1S/C13H24N2S/c1-5-12(9-14-11(2)3)15(4)10-13-7-6-8-16-13/h6-8,11-12,14H,5,9-10H2,1-4H3. The van der Waals surface area contributed by atoms with E-state index < -0.39 is 0 Å². The second-order valence-electron chi connectivity index (χ2n) is 4.62. The molecule has 1 rings (SSSR count). The van der Waals surface area contributed by atoms with Crippen molar-refractivity contribution in [3.05, 3.63) is 22.4 Å². The highest BCUT2D eigenvalue weighted by Crippen LogP contribution is 2.13. The summed E-state index contributed by atoms with van der Waals surface area (Å²) in [6, 6.07) is 5.54. The first-order chi connectivity index (χ1) is 7.63. The Morgan fingerprint density at radius 2 is 2.19 bits per heavy atom. The molecule has 1 heterocycles. The van der Waals surface area contributed by atoms with Gasteiger partial charge in [-0.2, -0.15) is 0 Å². The fourth-order valence-electron chi connectivity index (χ4n) is 1.76. The highest BCUT2D eigenvalue weighted by Gasteiger charge is 2.13. The molecule has 1 aromatic heterocycles. The van der Waals surface area contributed by atoms with Crippen LogP contribution in [0.5, 0.6) is 0 Å². The van der Waals surface area contributed by atoms with Gasteiger partial charge >= 0.3 is 0 Å². The third-order valence-electron chi connectivity index (χ3n) is 2.84. The van der Waals surface area contributed by atoms with Crippen molar-refractivity contribution in [3.8, 4) is 0 Å². The topological polar surface area (TPSA) is 15.3 Å². The van der Waals surface area contributed by atoms with Gasteiger partial charge in [0.1, 0.15) is 0 Å². The largest absolute Gasteiger partial charge is 0.313 e. The van der Waals surface area contributed by atoms with Gasteiger partial charge in [-0.1, -0.05) is 26.8 Å². The minimum Gasteiger partial charge on any atom is -0.313 e. The van der Waals surface area contributed by atoms with E-state index in [1.54, 1.807) is 0 Å². The van der Waals surface area contributed by atoms with E-state index in [-0.39, 0.29) is 0 Å². The second-order valence-corrected chi connectivity index (χ2v) is 5.65. The van der Waals surface area contributed by atoms with Gasteiger partial charge in [0.2, 0.25) is 0 Å². The van der Waals surface area contributed by atoms with Crippen LogP contribution in [-0.2, 0) is 6.54 Å². The maximum atomic E-state index is 3.52. The molecule has 0 aliphatic carbocycles. The van der Waals surface area contributed by atoms with Gasteiger partial charge in [-0.05, 0) is 24.9 Å².